The van der Waals surface area contributed by atoms with Crippen LogP contribution in [0.5, 0.6) is 0 Å². The average Bonchev–Trinajstić information content (AvgIpc) is 2.14. The van der Waals surface area contributed by atoms with Crippen LogP contribution in [0, 0.1) is 18.3 Å². The van der Waals surface area contributed by atoms with E-state index in [0.717, 1.165) is 5.69 Å². The number of ether oxygens (including phenoxy) is 1. The van der Waals surface area contributed by atoms with E-state index in [1.165, 1.54) is 6.92 Å². The summed E-state index contributed by atoms with van der Waals surface area (Å²) < 4.78 is 4.77. The second kappa shape index (κ2) is 4.38. The molecule has 72 valence electrons. The number of pyridine rings is 1. The quantitative estimate of drug-likeness (QED) is 0.660. The van der Waals surface area contributed by atoms with E-state index in [1.54, 1.807) is 19.1 Å². The molecule has 0 saturated heterocycles. The smallest absolute Gasteiger partial charge is 0.303 e. The molecule has 0 radical (unpaired) electrons. The molecule has 0 bridgehead atoms. The Morgan fingerprint density at radius 2 is 2.36 bits per heavy atom. The number of hydrogen-bond donors (Lipinski definition) is 0. The molecule has 14 heavy (non-hydrogen) atoms. The van der Waals surface area contributed by atoms with Gasteiger partial charge in [0.1, 0.15) is 6.61 Å². The fourth-order valence-electron chi connectivity index (χ4n) is 1.05. The highest BCUT2D eigenvalue weighted by atomic mass is 16.5. The highest BCUT2D eigenvalue weighted by molar-refractivity contribution is 5.65. The maximum atomic E-state index is 10.5. The van der Waals surface area contributed by atoms with Gasteiger partial charge in [0.2, 0.25) is 0 Å². The summed E-state index contributed by atoms with van der Waals surface area (Å²) in [6, 6.07) is 5.30. The van der Waals surface area contributed by atoms with Crippen LogP contribution in [0.15, 0.2) is 12.1 Å². The first kappa shape index (κ1) is 10.2. The van der Waals surface area contributed by atoms with E-state index >= 15 is 0 Å². The van der Waals surface area contributed by atoms with Crippen LogP contribution in [-0.4, -0.2) is 11.0 Å². The zero-order valence-electron chi connectivity index (χ0n) is 8.07. The lowest BCUT2D eigenvalue weighted by Gasteiger charge is -2.02. The molecule has 0 unspecified atom stereocenters. The Hall–Kier alpha value is -1.89. The molecule has 1 heterocycles. The fourth-order valence-corrected chi connectivity index (χ4v) is 1.05. The van der Waals surface area contributed by atoms with Crippen LogP contribution in [-0.2, 0) is 16.1 Å². The summed E-state index contributed by atoms with van der Waals surface area (Å²) in [6.45, 7) is 3.24. The third-order valence-electron chi connectivity index (χ3n) is 1.56. The van der Waals surface area contributed by atoms with Gasteiger partial charge in [-0.1, -0.05) is 0 Å². The summed E-state index contributed by atoms with van der Waals surface area (Å²) in [5.41, 5.74) is 1.86. The van der Waals surface area contributed by atoms with E-state index in [4.69, 9.17) is 10.00 Å². The Morgan fingerprint density at radius 1 is 1.64 bits per heavy atom. The highest BCUT2D eigenvalue weighted by Gasteiger charge is 2.01. The van der Waals surface area contributed by atoms with Crippen LogP contribution in [0.25, 0.3) is 0 Å². The highest BCUT2D eigenvalue weighted by Crippen LogP contribution is 2.05. The number of carbonyl (C=O) groups excluding carboxylic acids is 1. The zero-order chi connectivity index (χ0) is 10.6. The van der Waals surface area contributed by atoms with E-state index in [-0.39, 0.29) is 12.6 Å². The van der Waals surface area contributed by atoms with Crippen molar-refractivity contribution in [1.29, 1.82) is 5.26 Å². The molecule has 1 aromatic heterocycles. The molecule has 0 aromatic carbocycles. The summed E-state index contributed by atoms with van der Waals surface area (Å²) in [4.78, 5) is 14.7. The second-order valence-corrected chi connectivity index (χ2v) is 2.88. The maximum Gasteiger partial charge on any atom is 0.303 e. The monoisotopic (exact) mass is 190 g/mol. The molecule has 0 N–H and O–H groups in total. The number of aromatic nitrogens is 1. The maximum absolute atomic E-state index is 10.5. The number of nitriles is 1. The number of hydrogen-bond acceptors (Lipinski definition) is 4. The Morgan fingerprint density at radius 3 is 2.93 bits per heavy atom. The first-order valence-corrected chi connectivity index (χ1v) is 4.13. The number of nitrogens with zero attached hydrogens (tertiary/aromatic N) is 2. The van der Waals surface area contributed by atoms with E-state index in [1.807, 2.05) is 6.07 Å². The lowest BCUT2D eigenvalue weighted by atomic mass is 10.2. The molecular formula is C10H10N2O2. The fraction of sp³-hybridized carbons (Fsp3) is 0.300. The summed E-state index contributed by atoms with van der Waals surface area (Å²) in [5.74, 6) is -0.355. The second-order valence-electron chi connectivity index (χ2n) is 2.88. The van der Waals surface area contributed by atoms with Gasteiger partial charge in [-0.25, -0.2) is 0 Å². The van der Waals surface area contributed by atoms with Crippen molar-refractivity contribution in [2.24, 2.45) is 0 Å². The Balaban J connectivity index is 2.82. The lowest BCUT2D eigenvalue weighted by molar-refractivity contribution is -0.142. The number of rotatable bonds is 2. The Kier molecular flexibility index (Phi) is 3.19. The van der Waals surface area contributed by atoms with Crippen LogP contribution in [0.1, 0.15) is 23.9 Å². The van der Waals surface area contributed by atoms with Gasteiger partial charge in [0.05, 0.1) is 17.3 Å². The molecule has 0 aliphatic carbocycles. The standard InChI is InChI=1S/C10H10N2O2/c1-7-3-9(5-11)4-10(12-7)6-14-8(2)13/h3-4H,6H2,1-2H3. The van der Waals surface area contributed by atoms with Gasteiger partial charge in [-0.05, 0) is 19.1 Å². The molecule has 1 rings (SSSR count). The van der Waals surface area contributed by atoms with E-state index in [0.29, 0.717) is 11.3 Å². The van der Waals surface area contributed by atoms with E-state index < -0.39 is 0 Å². The number of esters is 1. The van der Waals surface area contributed by atoms with Gasteiger partial charge in [-0.2, -0.15) is 5.26 Å². The van der Waals surface area contributed by atoms with E-state index in [9.17, 15) is 4.79 Å². The topological polar surface area (TPSA) is 63.0 Å². The number of carbonyl (C=O) groups is 1. The largest absolute Gasteiger partial charge is 0.459 e. The molecule has 0 saturated carbocycles. The SMILES string of the molecule is CC(=O)OCc1cc(C#N)cc(C)n1. The number of aryl methyl sites for hydroxylation is 1. The van der Waals surface area contributed by atoms with Crippen LogP contribution < -0.4 is 0 Å². The molecule has 0 aliphatic heterocycles. The van der Waals surface area contributed by atoms with Gasteiger partial charge < -0.3 is 4.74 Å². The van der Waals surface area contributed by atoms with Gasteiger partial charge in [-0.15, -0.1) is 0 Å². The van der Waals surface area contributed by atoms with Crippen LogP contribution in [0.4, 0.5) is 0 Å². The van der Waals surface area contributed by atoms with Crippen molar-refractivity contribution < 1.29 is 9.53 Å². The summed E-state index contributed by atoms with van der Waals surface area (Å²) in [6.07, 6.45) is 0. The summed E-state index contributed by atoms with van der Waals surface area (Å²) in [7, 11) is 0. The van der Waals surface area contributed by atoms with Gasteiger partial charge in [0.15, 0.2) is 0 Å². The predicted molar refractivity (Wildman–Crippen MR) is 49.2 cm³/mol. The van der Waals surface area contributed by atoms with Crippen molar-refractivity contribution in [2.45, 2.75) is 20.5 Å². The van der Waals surface area contributed by atoms with Crippen molar-refractivity contribution in [3.63, 3.8) is 0 Å². The molecule has 4 heteroatoms. The first-order valence-electron chi connectivity index (χ1n) is 4.13. The summed E-state index contributed by atoms with van der Waals surface area (Å²) >= 11 is 0. The van der Waals surface area contributed by atoms with Gasteiger partial charge in [0.25, 0.3) is 0 Å². The zero-order valence-corrected chi connectivity index (χ0v) is 8.07. The first-order chi connectivity index (χ1) is 6.61. The molecule has 0 fully saturated rings. The molecule has 4 nitrogen and oxygen atoms in total. The molecule has 0 spiro atoms. The van der Waals surface area contributed by atoms with Crippen molar-refractivity contribution in [3.05, 3.63) is 29.1 Å². The van der Waals surface area contributed by atoms with Crippen molar-refractivity contribution in [2.75, 3.05) is 0 Å². The molecule has 1 aromatic rings. The normalized spacial score (nSPS) is 9.21. The Bertz CT molecular complexity index is 394. The van der Waals surface area contributed by atoms with Crippen molar-refractivity contribution in [3.8, 4) is 6.07 Å². The third-order valence-corrected chi connectivity index (χ3v) is 1.56. The minimum atomic E-state index is -0.355. The molecular weight excluding hydrogens is 180 g/mol. The van der Waals surface area contributed by atoms with Gasteiger partial charge in [0, 0.05) is 12.6 Å². The minimum Gasteiger partial charge on any atom is -0.459 e. The molecule has 0 aliphatic rings. The molecule has 0 amide bonds. The van der Waals surface area contributed by atoms with E-state index in [2.05, 4.69) is 4.98 Å². The van der Waals surface area contributed by atoms with Crippen LogP contribution in [0.3, 0.4) is 0 Å². The third kappa shape index (κ3) is 2.87. The van der Waals surface area contributed by atoms with Crippen LogP contribution >= 0.6 is 0 Å². The van der Waals surface area contributed by atoms with Crippen molar-refractivity contribution in [1.82, 2.24) is 4.98 Å². The van der Waals surface area contributed by atoms with Crippen molar-refractivity contribution >= 4 is 5.97 Å². The summed E-state index contributed by atoms with van der Waals surface area (Å²) in [5, 5.41) is 8.68. The Labute approximate surface area is 82.1 Å². The lowest BCUT2D eigenvalue weighted by Crippen LogP contribution is -2.02. The van der Waals surface area contributed by atoms with Gasteiger partial charge >= 0.3 is 5.97 Å². The predicted octanol–water partition coefficient (Wildman–Crippen LogP) is 1.32. The van der Waals surface area contributed by atoms with Gasteiger partial charge in [-0.3, -0.25) is 9.78 Å². The minimum absolute atomic E-state index is 0.117. The van der Waals surface area contributed by atoms with Crippen LogP contribution in [0.2, 0.25) is 0 Å². The molecule has 0 atom stereocenters. The average molecular weight is 190 g/mol.